The monoisotopic (exact) mass is 354 g/mol. The summed E-state index contributed by atoms with van der Waals surface area (Å²) in [6, 6.07) is 10.6. The summed E-state index contributed by atoms with van der Waals surface area (Å²) in [5, 5.41) is 10.9. The number of carbonyl (C=O) groups is 1. The highest BCUT2D eigenvalue weighted by Crippen LogP contribution is 2.42. The number of hydrogen-bond acceptors (Lipinski definition) is 4. The molecule has 6 heteroatoms. The van der Waals surface area contributed by atoms with E-state index in [0.29, 0.717) is 19.5 Å². The molecular weight excluding hydrogens is 328 g/mol. The summed E-state index contributed by atoms with van der Waals surface area (Å²) in [6.45, 7) is 4.55. The summed E-state index contributed by atoms with van der Waals surface area (Å²) in [7, 11) is 0. The van der Waals surface area contributed by atoms with E-state index in [1.165, 1.54) is 5.56 Å². The minimum Gasteiger partial charge on any atom is -0.393 e. The maximum atomic E-state index is 12.0. The number of hydrogen-bond donors (Lipinski definition) is 2. The number of likely N-dealkylation sites (tertiary alicyclic amines) is 2. The Balaban J connectivity index is 1.67. The Morgan fingerprint density at radius 1 is 1.31 bits per heavy atom. The third-order valence-corrected chi connectivity index (χ3v) is 5.96. The lowest BCUT2D eigenvalue weighted by Gasteiger charge is -2.31. The molecule has 1 aromatic heterocycles. The molecule has 2 saturated heterocycles. The van der Waals surface area contributed by atoms with Crippen molar-refractivity contribution >= 4 is 5.91 Å². The second-order valence-corrected chi connectivity index (χ2v) is 7.49. The van der Waals surface area contributed by atoms with Gasteiger partial charge in [0.25, 0.3) is 0 Å². The molecule has 2 aromatic rings. The van der Waals surface area contributed by atoms with Gasteiger partial charge in [-0.2, -0.15) is 0 Å². The van der Waals surface area contributed by atoms with Crippen LogP contribution in [0.5, 0.6) is 0 Å². The van der Waals surface area contributed by atoms with Gasteiger partial charge in [0.2, 0.25) is 5.91 Å². The lowest BCUT2D eigenvalue weighted by atomic mass is 9.81. The van der Waals surface area contributed by atoms with Gasteiger partial charge < -0.3 is 15.0 Å². The van der Waals surface area contributed by atoms with Crippen LogP contribution in [-0.4, -0.2) is 62.6 Å². The Morgan fingerprint density at radius 2 is 2.12 bits per heavy atom. The Kier molecular flexibility index (Phi) is 4.78. The second kappa shape index (κ2) is 7.21. The number of aromatic nitrogens is 2. The maximum Gasteiger partial charge on any atom is 0.219 e. The second-order valence-electron chi connectivity index (χ2n) is 7.49. The molecule has 6 nitrogen and oxygen atoms in total. The predicted octanol–water partition coefficient (Wildman–Crippen LogP) is 1.61. The van der Waals surface area contributed by atoms with Crippen molar-refractivity contribution in [3.63, 3.8) is 0 Å². The molecule has 0 bridgehead atoms. The zero-order chi connectivity index (χ0) is 18.1. The Bertz CT molecular complexity index is 734. The average Bonchev–Trinajstić information content (AvgIpc) is 3.23. The van der Waals surface area contributed by atoms with Crippen molar-refractivity contribution in [3.8, 4) is 0 Å². The van der Waals surface area contributed by atoms with E-state index in [-0.39, 0.29) is 23.8 Å². The minimum atomic E-state index is -0.402. The highest BCUT2D eigenvalue weighted by atomic mass is 16.3. The number of benzene rings is 1. The number of H-pyrrole nitrogens is 1. The highest BCUT2D eigenvalue weighted by molar-refractivity contribution is 5.73. The van der Waals surface area contributed by atoms with Crippen molar-refractivity contribution in [2.45, 2.75) is 38.0 Å². The van der Waals surface area contributed by atoms with Crippen LogP contribution in [0.1, 0.15) is 30.5 Å². The third kappa shape index (κ3) is 3.27. The van der Waals surface area contributed by atoms with E-state index in [2.05, 4.69) is 39.1 Å². The van der Waals surface area contributed by atoms with Crippen LogP contribution in [-0.2, 0) is 11.3 Å². The van der Waals surface area contributed by atoms with Crippen molar-refractivity contribution in [1.29, 1.82) is 0 Å². The van der Waals surface area contributed by atoms with Gasteiger partial charge in [-0.25, -0.2) is 4.98 Å². The fraction of sp³-hybridized carbons (Fsp3) is 0.500. The topological polar surface area (TPSA) is 72.5 Å². The van der Waals surface area contributed by atoms with E-state index >= 15 is 0 Å². The quantitative estimate of drug-likeness (QED) is 0.878. The van der Waals surface area contributed by atoms with Gasteiger partial charge in [-0.15, -0.1) is 0 Å². The lowest BCUT2D eigenvalue weighted by molar-refractivity contribution is -0.129. The van der Waals surface area contributed by atoms with E-state index in [9.17, 15) is 9.90 Å². The number of aliphatic hydroxyl groups is 1. The molecule has 2 aliphatic rings. The Labute approximate surface area is 153 Å². The van der Waals surface area contributed by atoms with Crippen LogP contribution in [0.25, 0.3) is 0 Å². The maximum absolute atomic E-state index is 12.0. The number of aromatic amines is 1. The van der Waals surface area contributed by atoms with Crippen LogP contribution < -0.4 is 0 Å². The zero-order valence-corrected chi connectivity index (χ0v) is 15.1. The van der Waals surface area contributed by atoms with Crippen molar-refractivity contribution in [2.24, 2.45) is 5.92 Å². The molecule has 0 unspecified atom stereocenters. The number of amides is 1. The van der Waals surface area contributed by atoms with Crippen molar-refractivity contribution in [2.75, 3.05) is 19.6 Å². The van der Waals surface area contributed by atoms with E-state index < -0.39 is 6.10 Å². The summed E-state index contributed by atoms with van der Waals surface area (Å²) in [5.74, 6) is 0.484. The third-order valence-electron chi connectivity index (χ3n) is 5.96. The number of imidazole rings is 1. The molecule has 1 amide bonds. The number of nitrogens with one attached hydrogen (secondary N) is 1. The van der Waals surface area contributed by atoms with Gasteiger partial charge in [-0.05, 0) is 12.0 Å². The Morgan fingerprint density at radius 3 is 2.81 bits per heavy atom. The molecule has 4 atom stereocenters. The van der Waals surface area contributed by atoms with Gasteiger partial charge in [-0.1, -0.05) is 30.3 Å². The fourth-order valence-corrected chi connectivity index (χ4v) is 4.67. The largest absolute Gasteiger partial charge is 0.393 e. The standard InChI is InChI=1S/C20H26N4O2/c1-14(25)23-8-7-19(26)20-17(15-5-3-2-4-6-15)11-24(18(20)12-23)10-16-9-21-13-22-16/h2-6,9,13,17-20,26H,7-8,10-12H2,1H3,(H,21,22)/t17-,18+,19+,20-/m0/s1. The normalized spacial score (nSPS) is 29.4. The van der Waals surface area contributed by atoms with Gasteiger partial charge in [0.05, 0.1) is 12.4 Å². The smallest absolute Gasteiger partial charge is 0.219 e. The first-order valence-electron chi connectivity index (χ1n) is 9.33. The van der Waals surface area contributed by atoms with E-state index in [4.69, 9.17) is 0 Å². The predicted molar refractivity (Wildman–Crippen MR) is 98.3 cm³/mol. The van der Waals surface area contributed by atoms with Crippen LogP contribution in [0, 0.1) is 5.92 Å². The average molecular weight is 354 g/mol. The molecule has 3 heterocycles. The lowest BCUT2D eigenvalue weighted by Crippen LogP contribution is -2.44. The molecule has 138 valence electrons. The minimum absolute atomic E-state index is 0.0856. The SMILES string of the molecule is CC(=O)N1CC[C@@H](O)[C@@H]2[C@@H](C1)N(Cc1cnc[nH]1)C[C@H]2c1ccccc1. The summed E-state index contributed by atoms with van der Waals surface area (Å²) < 4.78 is 0. The van der Waals surface area contributed by atoms with Gasteiger partial charge in [-0.3, -0.25) is 9.69 Å². The van der Waals surface area contributed by atoms with Gasteiger partial charge >= 0.3 is 0 Å². The molecule has 4 rings (SSSR count). The van der Waals surface area contributed by atoms with Crippen molar-refractivity contribution in [3.05, 3.63) is 54.1 Å². The van der Waals surface area contributed by atoms with Crippen LogP contribution in [0.2, 0.25) is 0 Å². The summed E-state index contributed by atoms with van der Waals surface area (Å²) >= 11 is 0. The Hall–Kier alpha value is -2.18. The van der Waals surface area contributed by atoms with E-state index in [1.54, 1.807) is 13.3 Å². The zero-order valence-electron chi connectivity index (χ0n) is 15.1. The first kappa shape index (κ1) is 17.2. The van der Waals surface area contributed by atoms with Crippen LogP contribution in [0.4, 0.5) is 0 Å². The van der Waals surface area contributed by atoms with E-state index in [1.807, 2.05) is 17.2 Å². The molecule has 26 heavy (non-hydrogen) atoms. The molecule has 0 aliphatic carbocycles. The van der Waals surface area contributed by atoms with Crippen molar-refractivity contribution < 1.29 is 9.90 Å². The number of fused-ring (bicyclic) bond motifs is 1. The number of nitrogens with zero attached hydrogens (tertiary/aromatic N) is 3. The van der Waals surface area contributed by atoms with Gasteiger partial charge in [0.15, 0.2) is 0 Å². The van der Waals surface area contributed by atoms with Gasteiger partial charge in [0.1, 0.15) is 0 Å². The molecule has 0 radical (unpaired) electrons. The first-order chi connectivity index (χ1) is 12.6. The number of aliphatic hydroxyl groups excluding tert-OH is 1. The first-order valence-corrected chi connectivity index (χ1v) is 9.33. The van der Waals surface area contributed by atoms with Crippen LogP contribution >= 0.6 is 0 Å². The molecule has 0 spiro atoms. The van der Waals surface area contributed by atoms with Gasteiger partial charge in [0, 0.05) is 62.9 Å². The summed E-state index contributed by atoms with van der Waals surface area (Å²) in [4.78, 5) is 23.6. The summed E-state index contributed by atoms with van der Waals surface area (Å²) in [6.07, 6.45) is 3.78. The van der Waals surface area contributed by atoms with Crippen LogP contribution in [0.3, 0.4) is 0 Å². The summed E-state index contributed by atoms with van der Waals surface area (Å²) in [5.41, 5.74) is 2.33. The molecule has 2 fully saturated rings. The van der Waals surface area contributed by atoms with Crippen LogP contribution in [0.15, 0.2) is 42.9 Å². The number of rotatable bonds is 3. The molecule has 2 aliphatic heterocycles. The van der Waals surface area contributed by atoms with Crippen molar-refractivity contribution in [1.82, 2.24) is 19.8 Å². The van der Waals surface area contributed by atoms with E-state index in [0.717, 1.165) is 18.8 Å². The molecule has 2 N–H and O–H groups in total. The highest BCUT2D eigenvalue weighted by Gasteiger charge is 2.47. The fourth-order valence-electron chi connectivity index (χ4n) is 4.67. The molecule has 1 aromatic carbocycles. The molecular formula is C20H26N4O2. The number of carbonyl (C=O) groups excluding carboxylic acids is 1. The molecule has 0 saturated carbocycles.